The van der Waals surface area contributed by atoms with E-state index in [2.05, 4.69) is 26.0 Å². The van der Waals surface area contributed by atoms with Gasteiger partial charge in [0.1, 0.15) is 11.5 Å². The van der Waals surface area contributed by atoms with Crippen LogP contribution in [-0.2, 0) is 12.8 Å². The van der Waals surface area contributed by atoms with E-state index < -0.39 is 8.60 Å². The Balaban J connectivity index is 1.78. The van der Waals surface area contributed by atoms with Gasteiger partial charge in [-0.1, -0.05) is 127 Å². The molecule has 0 spiro atoms. The van der Waals surface area contributed by atoms with Gasteiger partial charge >= 0.3 is 8.60 Å². The largest absolute Gasteiger partial charge is 0.460 e. The Hall–Kier alpha value is -1.57. The summed E-state index contributed by atoms with van der Waals surface area (Å²) in [7, 11) is -2.02. The number of para-hydroxylation sites is 2. The quantitative estimate of drug-likeness (QED) is 0.149. The second-order valence-corrected chi connectivity index (χ2v) is 10.2. The van der Waals surface area contributed by atoms with E-state index in [1.807, 2.05) is 36.4 Å². The lowest BCUT2D eigenvalue weighted by Crippen LogP contribution is -2.00. The summed E-state index contributed by atoms with van der Waals surface area (Å²) >= 11 is 0. The second-order valence-electron chi connectivity index (χ2n) is 9.38. The topological polar surface area (TPSA) is 38.7 Å². The van der Waals surface area contributed by atoms with Gasteiger partial charge in [0.15, 0.2) is 0 Å². The molecule has 0 bridgehead atoms. The molecule has 0 aromatic heterocycles. The van der Waals surface area contributed by atoms with Crippen LogP contribution in [0, 0.1) is 0 Å². The Morgan fingerprint density at radius 1 is 0.529 bits per heavy atom. The monoisotopic (exact) mass is 486 g/mol. The number of aryl methyl sites for hydroxylation is 2. The van der Waals surface area contributed by atoms with Gasteiger partial charge in [0.2, 0.25) is 0 Å². The van der Waals surface area contributed by atoms with Crippen molar-refractivity contribution in [2.75, 3.05) is 0 Å². The maximum absolute atomic E-state index is 10.6. The molecule has 0 fully saturated rings. The van der Waals surface area contributed by atoms with Crippen LogP contribution < -0.4 is 9.05 Å². The zero-order valence-electron chi connectivity index (χ0n) is 21.6. The third kappa shape index (κ3) is 12.2. The van der Waals surface area contributed by atoms with Crippen molar-refractivity contribution in [3.63, 3.8) is 0 Å². The molecule has 0 aliphatic carbocycles. The molecule has 0 aliphatic heterocycles. The SMILES string of the molecule is CCCCCCCCCc1ccccc1OP(O)Oc1ccccc1CCCCCCCCC. The third-order valence-corrected chi connectivity index (χ3v) is 7.10. The molecule has 0 radical (unpaired) electrons. The third-order valence-electron chi connectivity index (χ3n) is 6.40. The average Bonchev–Trinajstić information content (AvgIpc) is 2.85. The van der Waals surface area contributed by atoms with E-state index in [1.165, 1.54) is 77.0 Å². The van der Waals surface area contributed by atoms with E-state index >= 15 is 0 Å². The molecule has 4 heteroatoms. The first kappa shape index (κ1) is 28.7. The van der Waals surface area contributed by atoms with Gasteiger partial charge in [-0.15, -0.1) is 0 Å². The number of benzene rings is 2. The number of hydrogen-bond donors (Lipinski definition) is 1. The van der Waals surface area contributed by atoms with E-state index in [0.29, 0.717) is 0 Å². The summed E-state index contributed by atoms with van der Waals surface area (Å²) in [6.07, 6.45) is 20.0. The fourth-order valence-corrected chi connectivity index (χ4v) is 5.06. The van der Waals surface area contributed by atoms with Gasteiger partial charge in [-0.05, 0) is 48.9 Å². The van der Waals surface area contributed by atoms with E-state index in [-0.39, 0.29) is 0 Å². The maximum Gasteiger partial charge on any atom is 0.460 e. The highest BCUT2D eigenvalue weighted by molar-refractivity contribution is 7.41. The highest BCUT2D eigenvalue weighted by atomic mass is 31.2. The van der Waals surface area contributed by atoms with Crippen LogP contribution in [0.1, 0.15) is 115 Å². The predicted octanol–water partition coefficient (Wildman–Crippen LogP) is 9.95. The zero-order valence-corrected chi connectivity index (χ0v) is 22.5. The van der Waals surface area contributed by atoms with Gasteiger partial charge in [-0.2, -0.15) is 0 Å². The molecule has 0 saturated carbocycles. The Morgan fingerprint density at radius 3 is 1.29 bits per heavy atom. The molecule has 1 N–H and O–H groups in total. The van der Waals surface area contributed by atoms with E-state index in [9.17, 15) is 4.89 Å². The molecular formula is C30H47O3P. The van der Waals surface area contributed by atoms with Gasteiger partial charge in [0.25, 0.3) is 0 Å². The fourth-order valence-electron chi connectivity index (χ4n) is 4.33. The van der Waals surface area contributed by atoms with E-state index in [0.717, 1.165) is 48.3 Å². The summed E-state index contributed by atoms with van der Waals surface area (Å²) < 4.78 is 11.8. The molecule has 0 saturated heterocycles. The van der Waals surface area contributed by atoms with E-state index in [4.69, 9.17) is 9.05 Å². The summed E-state index contributed by atoms with van der Waals surface area (Å²) in [6, 6.07) is 16.1. The highest BCUT2D eigenvalue weighted by Gasteiger charge is 2.16. The molecule has 34 heavy (non-hydrogen) atoms. The number of unbranched alkanes of at least 4 members (excludes halogenated alkanes) is 12. The van der Waals surface area contributed by atoms with Crippen molar-refractivity contribution < 1.29 is 13.9 Å². The van der Waals surface area contributed by atoms with Crippen LogP contribution in [0.3, 0.4) is 0 Å². The van der Waals surface area contributed by atoms with Crippen LogP contribution in [0.15, 0.2) is 48.5 Å². The lowest BCUT2D eigenvalue weighted by atomic mass is 10.0. The number of hydrogen-bond acceptors (Lipinski definition) is 3. The lowest BCUT2D eigenvalue weighted by molar-refractivity contribution is 0.377. The van der Waals surface area contributed by atoms with Gasteiger partial charge in [0, 0.05) is 0 Å². The number of rotatable bonds is 20. The van der Waals surface area contributed by atoms with Gasteiger partial charge in [-0.25, -0.2) is 0 Å². The first-order valence-electron chi connectivity index (χ1n) is 13.7. The summed E-state index contributed by atoms with van der Waals surface area (Å²) in [6.45, 7) is 4.51. The first-order chi connectivity index (χ1) is 16.7. The standard InChI is InChI=1S/C30H47O3P/c1-3-5-7-9-11-13-15-21-27-23-17-19-25-29(27)32-34(31)33-30-26-20-18-24-28(30)22-16-14-12-10-8-6-4-2/h17-20,23-26,31H,3-16,21-22H2,1-2H3. The van der Waals surface area contributed by atoms with Crippen molar-refractivity contribution in [1.82, 2.24) is 0 Å². The molecule has 0 unspecified atom stereocenters. The molecule has 2 rings (SSSR count). The van der Waals surface area contributed by atoms with Crippen molar-refractivity contribution in [1.29, 1.82) is 0 Å². The predicted molar refractivity (Wildman–Crippen MR) is 147 cm³/mol. The Labute approximate surface area is 210 Å². The van der Waals surface area contributed by atoms with Crippen LogP contribution in [0.2, 0.25) is 0 Å². The van der Waals surface area contributed by atoms with Crippen LogP contribution >= 0.6 is 8.60 Å². The molecule has 0 amide bonds. The molecular weight excluding hydrogens is 439 g/mol. The van der Waals surface area contributed by atoms with Gasteiger partial charge in [-0.3, -0.25) is 0 Å². The molecule has 3 nitrogen and oxygen atoms in total. The average molecular weight is 487 g/mol. The normalized spacial score (nSPS) is 11.2. The smallest absolute Gasteiger partial charge is 0.418 e. The van der Waals surface area contributed by atoms with Gasteiger partial charge in [0.05, 0.1) is 0 Å². The fraction of sp³-hybridized carbons (Fsp3) is 0.600. The van der Waals surface area contributed by atoms with Crippen LogP contribution in [0.5, 0.6) is 11.5 Å². The minimum absolute atomic E-state index is 0.742. The molecule has 190 valence electrons. The minimum atomic E-state index is -2.02. The van der Waals surface area contributed by atoms with E-state index in [1.54, 1.807) is 0 Å². The van der Waals surface area contributed by atoms with Crippen LogP contribution in [0.4, 0.5) is 0 Å². The molecule has 2 aromatic carbocycles. The minimum Gasteiger partial charge on any atom is -0.418 e. The first-order valence-corrected chi connectivity index (χ1v) is 14.9. The van der Waals surface area contributed by atoms with Crippen molar-refractivity contribution in [3.05, 3.63) is 59.7 Å². The van der Waals surface area contributed by atoms with Crippen LogP contribution in [-0.4, -0.2) is 4.89 Å². The zero-order chi connectivity index (χ0) is 24.3. The van der Waals surface area contributed by atoms with Crippen molar-refractivity contribution in [3.8, 4) is 11.5 Å². The molecule has 0 heterocycles. The van der Waals surface area contributed by atoms with Crippen molar-refractivity contribution in [2.24, 2.45) is 0 Å². The Morgan fingerprint density at radius 2 is 0.882 bits per heavy atom. The Bertz CT molecular complexity index is 701. The van der Waals surface area contributed by atoms with Crippen molar-refractivity contribution in [2.45, 2.75) is 117 Å². The molecule has 2 aromatic rings. The molecule has 0 aliphatic rings. The second kappa shape index (κ2) is 18.7. The summed E-state index contributed by atoms with van der Waals surface area (Å²) in [5.74, 6) is 1.48. The highest BCUT2D eigenvalue weighted by Crippen LogP contribution is 2.39. The Kier molecular flexibility index (Phi) is 15.8. The molecule has 0 atom stereocenters. The maximum atomic E-state index is 10.6. The van der Waals surface area contributed by atoms with Gasteiger partial charge < -0.3 is 13.9 Å². The summed E-state index contributed by atoms with van der Waals surface area (Å²) in [5, 5.41) is 0. The summed E-state index contributed by atoms with van der Waals surface area (Å²) in [4.78, 5) is 10.6. The lowest BCUT2D eigenvalue weighted by Gasteiger charge is -2.17. The van der Waals surface area contributed by atoms with Crippen molar-refractivity contribution >= 4 is 8.60 Å². The van der Waals surface area contributed by atoms with Crippen LogP contribution in [0.25, 0.3) is 0 Å². The summed E-state index contributed by atoms with van der Waals surface area (Å²) in [5.41, 5.74) is 2.30.